The van der Waals surface area contributed by atoms with Crippen molar-refractivity contribution >= 4 is 5.91 Å². The first-order valence-electron chi connectivity index (χ1n) is 4.73. The lowest BCUT2D eigenvalue weighted by atomic mass is 10.3. The van der Waals surface area contributed by atoms with Crippen molar-refractivity contribution in [2.75, 3.05) is 6.61 Å². The predicted octanol–water partition coefficient (Wildman–Crippen LogP) is -1.97. The molecule has 0 radical (unpaired) electrons. The van der Waals surface area contributed by atoms with Crippen molar-refractivity contribution in [1.29, 1.82) is 0 Å². The van der Waals surface area contributed by atoms with E-state index in [-0.39, 0.29) is 19.2 Å². The van der Waals surface area contributed by atoms with Crippen LogP contribution < -0.4 is 16.6 Å². The molecule has 0 fully saturated rings. The molecule has 0 spiro atoms. The van der Waals surface area contributed by atoms with Gasteiger partial charge in [-0.25, -0.2) is 4.79 Å². The Kier molecular flexibility index (Phi) is 4.01. The maximum atomic E-state index is 11.3. The summed E-state index contributed by atoms with van der Waals surface area (Å²) >= 11 is 0. The van der Waals surface area contributed by atoms with E-state index in [1.54, 1.807) is 6.92 Å². The number of hydrogen-bond acceptors (Lipinski definition) is 4. The molecular weight excluding hydrogens is 214 g/mol. The fourth-order valence-electron chi connectivity index (χ4n) is 1.09. The largest absolute Gasteiger partial charge is 0.394 e. The Morgan fingerprint density at radius 3 is 2.88 bits per heavy atom. The van der Waals surface area contributed by atoms with Gasteiger partial charge >= 0.3 is 5.69 Å². The first-order chi connectivity index (χ1) is 7.52. The highest BCUT2D eigenvalue weighted by Gasteiger charge is 2.07. The third-order valence-electron chi connectivity index (χ3n) is 1.89. The van der Waals surface area contributed by atoms with Gasteiger partial charge in [-0.05, 0) is 6.92 Å². The number of aromatic amines is 1. The second-order valence-corrected chi connectivity index (χ2v) is 3.39. The van der Waals surface area contributed by atoms with Gasteiger partial charge in [-0.15, -0.1) is 0 Å². The van der Waals surface area contributed by atoms with E-state index in [1.807, 2.05) is 4.98 Å². The van der Waals surface area contributed by atoms with Crippen molar-refractivity contribution in [2.24, 2.45) is 0 Å². The number of aliphatic hydroxyl groups excluding tert-OH is 1. The quantitative estimate of drug-likeness (QED) is 0.555. The van der Waals surface area contributed by atoms with Gasteiger partial charge in [-0.1, -0.05) is 0 Å². The van der Waals surface area contributed by atoms with E-state index in [9.17, 15) is 14.4 Å². The van der Waals surface area contributed by atoms with Crippen molar-refractivity contribution in [3.63, 3.8) is 0 Å². The number of nitrogens with one attached hydrogen (secondary N) is 2. The van der Waals surface area contributed by atoms with Gasteiger partial charge in [0.25, 0.3) is 5.56 Å². The molecule has 7 heteroatoms. The standard InChI is InChI=1S/C9H13N3O4/c1-6(5-13)10-8(15)4-12-3-2-7(14)11-9(12)16/h2-3,6,13H,4-5H2,1H3,(H,10,15)(H,11,14,16)/t6-/m1/s1. The van der Waals surface area contributed by atoms with E-state index in [4.69, 9.17) is 5.11 Å². The monoisotopic (exact) mass is 227 g/mol. The molecule has 1 atom stereocenters. The molecule has 7 nitrogen and oxygen atoms in total. The normalized spacial score (nSPS) is 12.1. The van der Waals surface area contributed by atoms with Gasteiger partial charge in [0.15, 0.2) is 0 Å². The zero-order valence-corrected chi connectivity index (χ0v) is 8.77. The maximum absolute atomic E-state index is 11.3. The molecule has 0 aromatic carbocycles. The Morgan fingerprint density at radius 2 is 2.31 bits per heavy atom. The van der Waals surface area contributed by atoms with Gasteiger partial charge in [0, 0.05) is 18.3 Å². The van der Waals surface area contributed by atoms with Crippen LogP contribution >= 0.6 is 0 Å². The lowest BCUT2D eigenvalue weighted by molar-refractivity contribution is -0.122. The lowest BCUT2D eigenvalue weighted by Gasteiger charge is -2.11. The summed E-state index contributed by atoms with van der Waals surface area (Å²) in [6.07, 6.45) is 1.24. The topological polar surface area (TPSA) is 104 Å². The molecule has 0 bridgehead atoms. The Morgan fingerprint density at radius 1 is 1.62 bits per heavy atom. The number of aliphatic hydroxyl groups is 1. The number of H-pyrrole nitrogens is 1. The number of amides is 1. The molecule has 1 rings (SSSR count). The lowest BCUT2D eigenvalue weighted by Crippen LogP contribution is -2.40. The van der Waals surface area contributed by atoms with Crippen LogP contribution in [-0.2, 0) is 11.3 Å². The molecule has 88 valence electrons. The molecule has 0 saturated carbocycles. The molecule has 16 heavy (non-hydrogen) atoms. The summed E-state index contributed by atoms with van der Waals surface area (Å²) in [6, 6.07) is 0.787. The van der Waals surface area contributed by atoms with Crippen LogP contribution in [0.25, 0.3) is 0 Å². The smallest absolute Gasteiger partial charge is 0.328 e. The van der Waals surface area contributed by atoms with Crippen LogP contribution in [0.15, 0.2) is 21.9 Å². The molecule has 1 aromatic heterocycles. The minimum absolute atomic E-state index is 0.174. The fraction of sp³-hybridized carbons (Fsp3) is 0.444. The molecule has 0 aliphatic rings. The Balaban J connectivity index is 2.70. The van der Waals surface area contributed by atoms with Crippen molar-refractivity contribution in [3.8, 4) is 0 Å². The summed E-state index contributed by atoms with van der Waals surface area (Å²) in [4.78, 5) is 35.3. The van der Waals surface area contributed by atoms with Crippen molar-refractivity contribution in [1.82, 2.24) is 14.9 Å². The average Bonchev–Trinajstić information content (AvgIpc) is 2.22. The van der Waals surface area contributed by atoms with E-state index in [1.165, 1.54) is 6.20 Å². The van der Waals surface area contributed by atoms with E-state index in [0.717, 1.165) is 10.6 Å². The highest BCUT2D eigenvalue weighted by Crippen LogP contribution is 1.82. The minimum Gasteiger partial charge on any atom is -0.394 e. The Hall–Kier alpha value is -1.89. The summed E-state index contributed by atoms with van der Waals surface area (Å²) < 4.78 is 1.07. The molecule has 1 amide bonds. The molecular formula is C9H13N3O4. The summed E-state index contributed by atoms with van der Waals surface area (Å²) in [5.74, 6) is -0.407. The van der Waals surface area contributed by atoms with Crippen LogP contribution in [0.5, 0.6) is 0 Å². The van der Waals surface area contributed by atoms with E-state index < -0.39 is 17.2 Å². The highest BCUT2D eigenvalue weighted by molar-refractivity contribution is 5.75. The van der Waals surface area contributed by atoms with Gasteiger partial charge in [0.1, 0.15) is 6.54 Å². The molecule has 3 N–H and O–H groups in total. The summed E-state index contributed by atoms with van der Waals surface area (Å²) in [5.41, 5.74) is -1.15. The van der Waals surface area contributed by atoms with Crippen LogP contribution in [0.4, 0.5) is 0 Å². The van der Waals surface area contributed by atoms with Gasteiger partial charge in [0.05, 0.1) is 6.61 Å². The molecule has 0 aliphatic heterocycles. The number of carbonyl (C=O) groups excluding carboxylic acids is 1. The van der Waals surface area contributed by atoms with Gasteiger partial charge in [-0.3, -0.25) is 19.1 Å². The first-order valence-corrected chi connectivity index (χ1v) is 4.73. The average molecular weight is 227 g/mol. The fourth-order valence-corrected chi connectivity index (χ4v) is 1.09. The number of aromatic nitrogens is 2. The summed E-state index contributed by atoms with van der Waals surface area (Å²) in [6.45, 7) is 1.26. The van der Waals surface area contributed by atoms with Gasteiger partial charge in [-0.2, -0.15) is 0 Å². The van der Waals surface area contributed by atoms with Crippen molar-refractivity contribution in [3.05, 3.63) is 33.1 Å². The molecule has 1 heterocycles. The van der Waals surface area contributed by atoms with Crippen LogP contribution in [0, 0.1) is 0 Å². The van der Waals surface area contributed by atoms with Crippen molar-refractivity contribution < 1.29 is 9.90 Å². The number of hydrogen-bond donors (Lipinski definition) is 3. The highest BCUT2D eigenvalue weighted by atomic mass is 16.3. The number of nitrogens with zero attached hydrogens (tertiary/aromatic N) is 1. The second kappa shape index (κ2) is 5.26. The minimum atomic E-state index is -0.640. The molecule has 0 unspecified atom stereocenters. The van der Waals surface area contributed by atoms with Crippen molar-refractivity contribution in [2.45, 2.75) is 19.5 Å². The van der Waals surface area contributed by atoms with Crippen LogP contribution in [0.1, 0.15) is 6.92 Å². The van der Waals surface area contributed by atoms with Crippen LogP contribution in [0.2, 0.25) is 0 Å². The van der Waals surface area contributed by atoms with E-state index in [2.05, 4.69) is 5.32 Å². The first kappa shape index (κ1) is 12.2. The molecule has 1 aromatic rings. The number of carbonyl (C=O) groups is 1. The zero-order valence-electron chi connectivity index (χ0n) is 8.77. The maximum Gasteiger partial charge on any atom is 0.328 e. The third-order valence-corrected chi connectivity index (χ3v) is 1.89. The molecule has 0 aliphatic carbocycles. The number of rotatable bonds is 4. The second-order valence-electron chi connectivity index (χ2n) is 3.39. The molecule has 0 saturated heterocycles. The summed E-state index contributed by atoms with van der Waals surface area (Å²) in [5, 5.41) is 11.2. The third kappa shape index (κ3) is 3.35. The summed E-state index contributed by atoms with van der Waals surface area (Å²) in [7, 11) is 0. The Labute approximate surface area is 90.7 Å². The zero-order chi connectivity index (χ0) is 12.1. The predicted molar refractivity (Wildman–Crippen MR) is 56.0 cm³/mol. The SMILES string of the molecule is C[C@H](CO)NC(=O)Cn1ccc(=O)[nH]c1=O. The van der Waals surface area contributed by atoms with Gasteiger partial charge in [0.2, 0.25) is 5.91 Å². The van der Waals surface area contributed by atoms with E-state index >= 15 is 0 Å². The van der Waals surface area contributed by atoms with Crippen LogP contribution in [0.3, 0.4) is 0 Å². The Bertz CT molecular complexity index is 476. The van der Waals surface area contributed by atoms with E-state index in [0.29, 0.717) is 0 Å². The van der Waals surface area contributed by atoms with Crippen LogP contribution in [-0.4, -0.2) is 33.2 Å². The van der Waals surface area contributed by atoms with Gasteiger partial charge < -0.3 is 10.4 Å².